The van der Waals surface area contributed by atoms with Gasteiger partial charge in [0.25, 0.3) is 0 Å². The summed E-state index contributed by atoms with van der Waals surface area (Å²) in [5, 5.41) is 19.6. The fraction of sp³-hybridized carbons (Fsp3) is 0.444. The van der Waals surface area contributed by atoms with Crippen LogP contribution in [-0.4, -0.2) is 16.0 Å². The van der Waals surface area contributed by atoms with Crippen LogP contribution in [0.1, 0.15) is 24.1 Å². The van der Waals surface area contributed by atoms with Gasteiger partial charge in [-0.25, -0.2) is 0 Å². The van der Waals surface area contributed by atoms with E-state index in [2.05, 4.69) is 0 Å². The predicted molar refractivity (Wildman–Crippen MR) is 54.1 cm³/mol. The number of nitrogens with zero attached hydrogens (tertiary/aromatic N) is 1. The molecule has 1 N–H and O–H groups in total. The van der Waals surface area contributed by atoms with E-state index in [1.807, 2.05) is 0 Å². The summed E-state index contributed by atoms with van der Waals surface area (Å²) in [6.45, 7) is 0. The van der Waals surface area contributed by atoms with Crippen molar-refractivity contribution >= 4 is 22.3 Å². The first-order chi connectivity index (χ1) is 7.06. The van der Waals surface area contributed by atoms with Gasteiger partial charge in [-0.1, -0.05) is 17.8 Å². The lowest BCUT2D eigenvalue weighted by Crippen LogP contribution is -2.41. The molecule has 0 amide bonds. The maximum absolute atomic E-state index is 11.1. The van der Waals surface area contributed by atoms with Crippen molar-refractivity contribution in [3.8, 4) is 0 Å². The second kappa shape index (κ2) is 3.30. The fourth-order valence-corrected chi connectivity index (χ4v) is 2.84. The lowest BCUT2D eigenvalue weighted by molar-refractivity contribution is -0.380. The summed E-state index contributed by atoms with van der Waals surface area (Å²) in [7, 11) is 0. The van der Waals surface area contributed by atoms with Gasteiger partial charge in [-0.05, 0) is 18.9 Å². The zero-order valence-corrected chi connectivity index (χ0v) is 8.62. The molecule has 1 aromatic heterocycles. The molecule has 0 unspecified atom stereocenters. The average molecular weight is 227 g/mol. The van der Waals surface area contributed by atoms with E-state index in [4.69, 9.17) is 5.11 Å². The molecule has 6 heteroatoms. The number of nitro groups is 1. The molecule has 2 rings (SSSR count). The fourth-order valence-electron chi connectivity index (χ4n) is 1.78. The van der Waals surface area contributed by atoms with Crippen molar-refractivity contribution < 1.29 is 14.8 Å². The van der Waals surface area contributed by atoms with Gasteiger partial charge in [0.15, 0.2) is 0 Å². The number of carboxylic acid groups (broad SMARTS) is 1. The molecule has 0 saturated heterocycles. The molecule has 1 aliphatic carbocycles. The molecule has 80 valence electrons. The van der Waals surface area contributed by atoms with E-state index < -0.39 is 16.3 Å². The summed E-state index contributed by atoms with van der Waals surface area (Å²) < 4.78 is 0. The minimum atomic E-state index is -0.870. The normalized spacial score (nSPS) is 18.1. The Bertz CT molecular complexity index is 422. The highest BCUT2D eigenvalue weighted by Crippen LogP contribution is 2.47. The van der Waals surface area contributed by atoms with Crippen LogP contribution in [0.25, 0.3) is 0 Å². The largest absolute Gasteiger partial charge is 0.481 e. The van der Waals surface area contributed by atoms with E-state index in [-0.39, 0.29) is 5.00 Å². The standard InChI is InChI=1S/C9H9NO4S/c11-8(12)9(4-1-5-9)6-2-3-7(15-6)10(13)14/h2-3H,1,4-5H2,(H,11,12). The summed E-state index contributed by atoms with van der Waals surface area (Å²) in [5.74, 6) is -0.870. The third kappa shape index (κ3) is 1.41. The second-order valence-electron chi connectivity index (χ2n) is 3.64. The first-order valence-electron chi connectivity index (χ1n) is 4.54. The summed E-state index contributed by atoms with van der Waals surface area (Å²) in [6.07, 6.45) is 2.04. The average Bonchev–Trinajstić information content (AvgIpc) is 2.50. The summed E-state index contributed by atoms with van der Waals surface area (Å²) in [5.41, 5.74) is -0.848. The lowest BCUT2D eigenvalue weighted by Gasteiger charge is -2.36. The molecule has 1 aliphatic rings. The number of aliphatic carboxylic acids is 1. The van der Waals surface area contributed by atoms with Crippen LogP contribution in [0, 0.1) is 10.1 Å². The van der Waals surface area contributed by atoms with E-state index in [9.17, 15) is 14.9 Å². The molecule has 0 radical (unpaired) electrons. The maximum atomic E-state index is 11.1. The van der Waals surface area contributed by atoms with E-state index in [1.54, 1.807) is 6.07 Å². The van der Waals surface area contributed by atoms with Crippen LogP contribution >= 0.6 is 11.3 Å². The number of carboxylic acids is 1. The van der Waals surface area contributed by atoms with Crippen molar-refractivity contribution in [2.45, 2.75) is 24.7 Å². The van der Waals surface area contributed by atoms with Crippen molar-refractivity contribution in [2.24, 2.45) is 0 Å². The monoisotopic (exact) mass is 227 g/mol. The molecule has 0 spiro atoms. The Labute approximate surface area is 89.5 Å². The van der Waals surface area contributed by atoms with Gasteiger partial charge in [-0.3, -0.25) is 14.9 Å². The molecule has 0 bridgehead atoms. The molecule has 5 nitrogen and oxygen atoms in total. The number of rotatable bonds is 3. The molecule has 15 heavy (non-hydrogen) atoms. The molecule has 1 saturated carbocycles. The SMILES string of the molecule is O=C(O)C1(c2ccc([N+](=O)[O-])s2)CCC1. The van der Waals surface area contributed by atoms with E-state index >= 15 is 0 Å². The molecule has 0 aliphatic heterocycles. The van der Waals surface area contributed by atoms with Crippen LogP contribution in [0.5, 0.6) is 0 Å². The Morgan fingerprint density at radius 2 is 2.20 bits per heavy atom. The molecule has 1 aromatic rings. The van der Waals surface area contributed by atoms with Gasteiger partial charge in [-0.15, -0.1) is 0 Å². The summed E-state index contributed by atoms with van der Waals surface area (Å²) in [4.78, 5) is 21.7. The molecule has 0 aromatic carbocycles. The minimum Gasteiger partial charge on any atom is -0.481 e. The number of hydrogen-bond donors (Lipinski definition) is 1. The Hall–Kier alpha value is -1.43. The van der Waals surface area contributed by atoms with Gasteiger partial charge in [0.05, 0.1) is 4.92 Å². The van der Waals surface area contributed by atoms with E-state index in [1.165, 1.54) is 6.07 Å². The molecular formula is C9H9NO4S. The van der Waals surface area contributed by atoms with Gasteiger partial charge in [-0.2, -0.15) is 0 Å². The van der Waals surface area contributed by atoms with Crippen LogP contribution in [0.15, 0.2) is 12.1 Å². The number of thiophene rings is 1. The Balaban J connectivity index is 2.36. The lowest BCUT2D eigenvalue weighted by atomic mass is 9.68. The van der Waals surface area contributed by atoms with Gasteiger partial charge < -0.3 is 5.11 Å². The molecular weight excluding hydrogens is 218 g/mol. The molecule has 1 fully saturated rings. The topological polar surface area (TPSA) is 80.4 Å². The zero-order valence-electron chi connectivity index (χ0n) is 7.80. The van der Waals surface area contributed by atoms with Crippen LogP contribution < -0.4 is 0 Å². The minimum absolute atomic E-state index is 0.0116. The first kappa shape index (κ1) is 10.1. The highest BCUT2D eigenvalue weighted by molar-refractivity contribution is 7.15. The van der Waals surface area contributed by atoms with E-state index in [0.29, 0.717) is 17.7 Å². The van der Waals surface area contributed by atoms with Crippen molar-refractivity contribution in [1.29, 1.82) is 0 Å². The van der Waals surface area contributed by atoms with Crippen molar-refractivity contribution in [3.05, 3.63) is 27.1 Å². The number of hydrogen-bond acceptors (Lipinski definition) is 4. The van der Waals surface area contributed by atoms with Crippen molar-refractivity contribution in [2.75, 3.05) is 0 Å². The zero-order chi connectivity index (χ0) is 11.1. The van der Waals surface area contributed by atoms with Crippen LogP contribution in [0.2, 0.25) is 0 Å². The third-order valence-corrected chi connectivity index (χ3v) is 4.10. The van der Waals surface area contributed by atoms with Crippen LogP contribution in [-0.2, 0) is 10.2 Å². The Morgan fingerprint density at radius 3 is 2.53 bits per heavy atom. The smallest absolute Gasteiger partial charge is 0.324 e. The van der Waals surface area contributed by atoms with Gasteiger partial charge in [0.1, 0.15) is 5.41 Å². The molecule has 1 heterocycles. The van der Waals surface area contributed by atoms with Crippen LogP contribution in [0.3, 0.4) is 0 Å². The highest BCUT2D eigenvalue weighted by Gasteiger charge is 2.47. The summed E-state index contributed by atoms with van der Waals surface area (Å²) >= 11 is 0.972. The highest BCUT2D eigenvalue weighted by atomic mass is 32.1. The van der Waals surface area contributed by atoms with Crippen molar-refractivity contribution in [3.63, 3.8) is 0 Å². The predicted octanol–water partition coefficient (Wildman–Crippen LogP) is 2.16. The van der Waals surface area contributed by atoms with Gasteiger partial charge >= 0.3 is 11.0 Å². The maximum Gasteiger partial charge on any atom is 0.324 e. The van der Waals surface area contributed by atoms with Gasteiger partial charge in [0.2, 0.25) is 0 Å². The number of carbonyl (C=O) groups is 1. The van der Waals surface area contributed by atoms with Gasteiger partial charge in [0, 0.05) is 10.9 Å². The Kier molecular flexibility index (Phi) is 2.22. The third-order valence-electron chi connectivity index (χ3n) is 2.86. The first-order valence-corrected chi connectivity index (χ1v) is 5.36. The summed E-state index contributed by atoms with van der Waals surface area (Å²) in [6, 6.07) is 2.94. The van der Waals surface area contributed by atoms with Crippen LogP contribution in [0.4, 0.5) is 5.00 Å². The van der Waals surface area contributed by atoms with E-state index in [0.717, 1.165) is 17.8 Å². The molecule has 0 atom stereocenters. The second-order valence-corrected chi connectivity index (χ2v) is 4.70. The quantitative estimate of drug-likeness (QED) is 0.633. The van der Waals surface area contributed by atoms with Crippen molar-refractivity contribution in [1.82, 2.24) is 0 Å². The Morgan fingerprint density at radius 1 is 1.53 bits per heavy atom.